The summed E-state index contributed by atoms with van der Waals surface area (Å²) in [5.41, 5.74) is 8.92. The number of halogens is 1. The van der Waals surface area contributed by atoms with Gasteiger partial charge in [-0.05, 0) is 56.4 Å². The average Bonchev–Trinajstić information content (AvgIpc) is 2.82. The third kappa shape index (κ3) is 3.55. The predicted octanol–water partition coefficient (Wildman–Crippen LogP) is 2.79. The van der Waals surface area contributed by atoms with Gasteiger partial charge in [-0.1, -0.05) is 6.42 Å². The van der Waals surface area contributed by atoms with Crippen molar-refractivity contribution in [3.63, 3.8) is 0 Å². The SMILES string of the molecule is Cc1[nH]c2cc(F)ccc2c1CCNC(=O)[C@@H]1CCC[C@H](N)C1. The van der Waals surface area contributed by atoms with Gasteiger partial charge in [-0.2, -0.15) is 0 Å². The largest absolute Gasteiger partial charge is 0.358 e. The van der Waals surface area contributed by atoms with Crippen molar-refractivity contribution in [2.45, 2.75) is 45.1 Å². The maximum Gasteiger partial charge on any atom is 0.223 e. The third-order valence-corrected chi connectivity index (χ3v) is 4.84. The molecule has 2 atom stereocenters. The van der Waals surface area contributed by atoms with E-state index in [0.717, 1.165) is 54.3 Å². The quantitative estimate of drug-likeness (QED) is 0.811. The minimum atomic E-state index is -0.243. The predicted molar refractivity (Wildman–Crippen MR) is 89.6 cm³/mol. The van der Waals surface area contributed by atoms with Crippen molar-refractivity contribution in [2.75, 3.05) is 6.54 Å². The van der Waals surface area contributed by atoms with Gasteiger partial charge in [0, 0.05) is 35.1 Å². The standard InChI is InChI=1S/C18H24FN3O/c1-11-15(16-6-5-13(19)10-17(16)22-11)7-8-21-18(23)12-3-2-4-14(20)9-12/h5-6,10,12,14,22H,2-4,7-9,20H2,1H3,(H,21,23)/t12-,14+/m1/s1. The highest BCUT2D eigenvalue weighted by Crippen LogP contribution is 2.24. The summed E-state index contributed by atoms with van der Waals surface area (Å²) < 4.78 is 13.3. The molecule has 23 heavy (non-hydrogen) atoms. The first-order chi connectivity index (χ1) is 11.0. The molecule has 124 valence electrons. The molecule has 1 aliphatic rings. The third-order valence-electron chi connectivity index (χ3n) is 4.84. The van der Waals surface area contributed by atoms with Gasteiger partial charge in [-0.3, -0.25) is 4.79 Å². The van der Waals surface area contributed by atoms with Crippen molar-refractivity contribution in [1.82, 2.24) is 10.3 Å². The normalized spacial score (nSPS) is 21.5. The van der Waals surface area contributed by atoms with E-state index in [0.29, 0.717) is 6.54 Å². The number of nitrogens with one attached hydrogen (secondary N) is 2. The van der Waals surface area contributed by atoms with Gasteiger partial charge in [0.25, 0.3) is 0 Å². The fourth-order valence-electron chi connectivity index (χ4n) is 3.61. The zero-order chi connectivity index (χ0) is 16.4. The van der Waals surface area contributed by atoms with E-state index in [1.165, 1.54) is 12.1 Å². The van der Waals surface area contributed by atoms with Crippen molar-refractivity contribution in [2.24, 2.45) is 11.7 Å². The van der Waals surface area contributed by atoms with Gasteiger partial charge in [0.1, 0.15) is 5.82 Å². The Kier molecular flexibility index (Phi) is 4.66. The number of aromatic amines is 1. The first-order valence-electron chi connectivity index (χ1n) is 8.34. The van der Waals surface area contributed by atoms with Crippen LogP contribution >= 0.6 is 0 Å². The molecule has 0 radical (unpaired) electrons. The number of carbonyl (C=O) groups is 1. The number of hydrogen-bond acceptors (Lipinski definition) is 2. The molecule has 2 aromatic rings. The van der Waals surface area contributed by atoms with E-state index >= 15 is 0 Å². The van der Waals surface area contributed by atoms with Crippen molar-refractivity contribution >= 4 is 16.8 Å². The summed E-state index contributed by atoms with van der Waals surface area (Å²) in [5.74, 6) is -0.0761. The first kappa shape index (κ1) is 16.0. The Hall–Kier alpha value is -1.88. The molecule has 1 amide bonds. The lowest BCUT2D eigenvalue weighted by atomic mass is 9.85. The second kappa shape index (κ2) is 6.71. The maximum atomic E-state index is 13.3. The topological polar surface area (TPSA) is 70.9 Å². The zero-order valence-corrected chi connectivity index (χ0v) is 13.5. The summed E-state index contributed by atoms with van der Waals surface area (Å²) in [6.45, 7) is 2.57. The molecule has 0 unspecified atom stereocenters. The van der Waals surface area contributed by atoms with E-state index in [2.05, 4.69) is 10.3 Å². The highest BCUT2D eigenvalue weighted by atomic mass is 19.1. The highest BCUT2D eigenvalue weighted by molar-refractivity contribution is 5.85. The minimum Gasteiger partial charge on any atom is -0.358 e. The fourth-order valence-corrected chi connectivity index (χ4v) is 3.61. The number of H-pyrrole nitrogens is 1. The van der Waals surface area contributed by atoms with Crippen LogP contribution in [0.15, 0.2) is 18.2 Å². The van der Waals surface area contributed by atoms with E-state index in [1.54, 1.807) is 6.07 Å². The van der Waals surface area contributed by atoms with Crippen molar-refractivity contribution in [1.29, 1.82) is 0 Å². The molecule has 1 saturated carbocycles. The number of benzene rings is 1. The van der Waals surface area contributed by atoms with Crippen LogP contribution in [0.1, 0.15) is 36.9 Å². The summed E-state index contributed by atoms with van der Waals surface area (Å²) in [4.78, 5) is 15.4. The van der Waals surface area contributed by atoms with Crippen LogP contribution < -0.4 is 11.1 Å². The summed E-state index contributed by atoms with van der Waals surface area (Å²) in [6.07, 6.45) is 4.52. The van der Waals surface area contributed by atoms with E-state index in [9.17, 15) is 9.18 Å². The van der Waals surface area contributed by atoms with E-state index in [-0.39, 0.29) is 23.7 Å². The molecule has 5 heteroatoms. The molecule has 0 bridgehead atoms. The smallest absolute Gasteiger partial charge is 0.223 e. The molecule has 4 nitrogen and oxygen atoms in total. The van der Waals surface area contributed by atoms with Crippen molar-refractivity contribution in [3.05, 3.63) is 35.3 Å². The van der Waals surface area contributed by atoms with E-state index in [1.807, 2.05) is 6.92 Å². The van der Waals surface area contributed by atoms with Crippen LogP contribution in [0.4, 0.5) is 4.39 Å². The molecule has 0 saturated heterocycles. The lowest BCUT2D eigenvalue weighted by molar-refractivity contribution is -0.126. The number of nitrogens with two attached hydrogens (primary N) is 1. The van der Waals surface area contributed by atoms with Crippen molar-refractivity contribution in [3.8, 4) is 0 Å². The van der Waals surface area contributed by atoms with Crippen LogP contribution in [0.3, 0.4) is 0 Å². The number of rotatable bonds is 4. The summed E-state index contributed by atoms with van der Waals surface area (Å²) in [6, 6.07) is 4.94. The summed E-state index contributed by atoms with van der Waals surface area (Å²) in [5, 5.41) is 4.06. The molecule has 0 spiro atoms. The van der Waals surface area contributed by atoms with Crippen LogP contribution in [0.2, 0.25) is 0 Å². The Labute approximate surface area is 135 Å². The number of amides is 1. The van der Waals surface area contributed by atoms with Crippen LogP contribution in [-0.2, 0) is 11.2 Å². The lowest BCUT2D eigenvalue weighted by Crippen LogP contribution is -2.38. The second-order valence-electron chi connectivity index (χ2n) is 6.58. The van der Waals surface area contributed by atoms with Crippen LogP contribution in [0.5, 0.6) is 0 Å². The number of hydrogen-bond donors (Lipinski definition) is 3. The average molecular weight is 317 g/mol. The van der Waals surface area contributed by atoms with Gasteiger partial charge in [0.05, 0.1) is 0 Å². The molecule has 1 fully saturated rings. The highest BCUT2D eigenvalue weighted by Gasteiger charge is 2.25. The fraction of sp³-hybridized carbons (Fsp3) is 0.500. The Morgan fingerprint density at radius 1 is 1.43 bits per heavy atom. The van der Waals surface area contributed by atoms with Gasteiger partial charge in [0.15, 0.2) is 0 Å². The number of aromatic nitrogens is 1. The number of aryl methyl sites for hydroxylation is 1. The Morgan fingerprint density at radius 3 is 3.04 bits per heavy atom. The van der Waals surface area contributed by atoms with E-state index in [4.69, 9.17) is 5.73 Å². The molecule has 1 aromatic carbocycles. The van der Waals surface area contributed by atoms with Gasteiger partial charge >= 0.3 is 0 Å². The monoisotopic (exact) mass is 317 g/mol. The molecule has 4 N–H and O–H groups in total. The summed E-state index contributed by atoms with van der Waals surface area (Å²) >= 11 is 0. The Morgan fingerprint density at radius 2 is 2.26 bits per heavy atom. The maximum absolute atomic E-state index is 13.3. The van der Waals surface area contributed by atoms with Gasteiger partial charge < -0.3 is 16.0 Å². The zero-order valence-electron chi connectivity index (χ0n) is 13.5. The van der Waals surface area contributed by atoms with Crippen LogP contribution in [-0.4, -0.2) is 23.5 Å². The summed E-state index contributed by atoms with van der Waals surface area (Å²) in [7, 11) is 0. The molecule has 0 aliphatic heterocycles. The molecule has 1 aromatic heterocycles. The van der Waals surface area contributed by atoms with Gasteiger partial charge in [-0.25, -0.2) is 4.39 Å². The van der Waals surface area contributed by atoms with Crippen LogP contribution in [0.25, 0.3) is 10.9 Å². The first-order valence-corrected chi connectivity index (χ1v) is 8.34. The molecule has 1 heterocycles. The molecular formula is C18H24FN3O. The molecule has 1 aliphatic carbocycles. The van der Waals surface area contributed by atoms with Gasteiger partial charge in [-0.15, -0.1) is 0 Å². The van der Waals surface area contributed by atoms with E-state index < -0.39 is 0 Å². The van der Waals surface area contributed by atoms with Crippen LogP contribution in [0, 0.1) is 18.7 Å². The lowest BCUT2D eigenvalue weighted by Gasteiger charge is -2.25. The Bertz CT molecular complexity index is 710. The van der Waals surface area contributed by atoms with Crippen molar-refractivity contribution < 1.29 is 9.18 Å². The Balaban J connectivity index is 1.60. The molecule has 3 rings (SSSR count). The number of carbonyl (C=O) groups excluding carboxylic acids is 1. The second-order valence-corrected chi connectivity index (χ2v) is 6.58. The minimum absolute atomic E-state index is 0.0527. The number of fused-ring (bicyclic) bond motifs is 1. The molecular weight excluding hydrogens is 293 g/mol. The van der Waals surface area contributed by atoms with Gasteiger partial charge in [0.2, 0.25) is 5.91 Å².